The summed E-state index contributed by atoms with van der Waals surface area (Å²) < 4.78 is 57.3. The van der Waals surface area contributed by atoms with Gasteiger partial charge in [0, 0.05) is 0 Å². The first-order chi connectivity index (χ1) is 16.4. The fourth-order valence-corrected chi connectivity index (χ4v) is 4.29. The highest BCUT2D eigenvalue weighted by atomic mass is 32.2. The van der Waals surface area contributed by atoms with E-state index >= 15 is 0 Å². The van der Waals surface area contributed by atoms with Crippen LogP contribution in [0.3, 0.4) is 0 Å². The van der Waals surface area contributed by atoms with Gasteiger partial charge in [-0.1, -0.05) is 78.4 Å². The quantitative estimate of drug-likeness (QED) is 0.263. The van der Waals surface area contributed by atoms with Gasteiger partial charge in [-0.15, -0.1) is 0 Å². The molecule has 3 aromatic rings. The first-order valence-corrected chi connectivity index (χ1v) is 12.2. The van der Waals surface area contributed by atoms with E-state index in [0.717, 1.165) is 16.7 Å². The van der Waals surface area contributed by atoms with Gasteiger partial charge >= 0.3 is 0 Å². The third-order valence-electron chi connectivity index (χ3n) is 5.05. The lowest BCUT2D eigenvalue weighted by Gasteiger charge is -2.27. The van der Waals surface area contributed by atoms with Crippen molar-refractivity contribution in [2.24, 2.45) is 0 Å². The Hall–Kier alpha value is -2.91. The van der Waals surface area contributed by atoms with Crippen LogP contribution in [0.1, 0.15) is 16.7 Å². The molecule has 0 radical (unpaired) electrons. The fourth-order valence-electron chi connectivity index (χ4n) is 3.22. The summed E-state index contributed by atoms with van der Waals surface area (Å²) in [6.07, 6.45) is -4.96. The van der Waals surface area contributed by atoms with Crippen LogP contribution in [0, 0.1) is 6.92 Å². The summed E-state index contributed by atoms with van der Waals surface area (Å²) in [7, 11) is -4.28. The molecule has 0 amide bonds. The number of halogens is 1. The van der Waals surface area contributed by atoms with Crippen LogP contribution in [0.4, 0.5) is 4.39 Å². The molecular weight excluding hydrogens is 459 g/mol. The normalized spacial score (nSPS) is 14.3. The molecule has 8 heteroatoms. The third kappa shape index (κ3) is 7.56. The lowest BCUT2D eigenvalue weighted by Crippen LogP contribution is -2.44. The van der Waals surface area contributed by atoms with Crippen LogP contribution in [-0.4, -0.2) is 39.7 Å². The smallest absolute Gasteiger partial charge is 0.297 e. The third-order valence-corrected chi connectivity index (χ3v) is 6.40. The Balaban J connectivity index is 1.81. The number of hydrogen-bond donors (Lipinski definition) is 0. The van der Waals surface area contributed by atoms with Crippen LogP contribution in [0.5, 0.6) is 0 Å². The summed E-state index contributed by atoms with van der Waals surface area (Å²) in [6.45, 7) is 1.62. The van der Waals surface area contributed by atoms with Gasteiger partial charge < -0.3 is 14.3 Å². The second-order valence-corrected chi connectivity index (χ2v) is 9.32. The molecule has 0 unspecified atom stereocenters. The molecule has 0 spiro atoms. The van der Waals surface area contributed by atoms with Gasteiger partial charge in [-0.25, -0.2) is 4.39 Å². The lowest BCUT2D eigenvalue weighted by atomic mass is 10.1. The maximum atomic E-state index is 14.7. The van der Waals surface area contributed by atoms with Gasteiger partial charge in [0.15, 0.2) is 12.5 Å². The minimum Gasteiger partial charge on any atom is -0.374 e. The Labute approximate surface area is 199 Å². The topological polar surface area (TPSA) is 78.9 Å². The average Bonchev–Trinajstić information content (AvgIpc) is 2.85. The van der Waals surface area contributed by atoms with Crippen molar-refractivity contribution in [2.45, 2.75) is 43.4 Å². The van der Waals surface area contributed by atoms with Crippen molar-refractivity contribution in [1.29, 1.82) is 0 Å². The van der Waals surface area contributed by atoms with Crippen molar-refractivity contribution in [3.63, 3.8) is 0 Å². The second kappa shape index (κ2) is 12.5. The Morgan fingerprint density at radius 3 is 1.97 bits per heavy atom. The zero-order valence-corrected chi connectivity index (χ0v) is 19.6. The van der Waals surface area contributed by atoms with E-state index in [1.54, 1.807) is 36.4 Å². The predicted molar refractivity (Wildman–Crippen MR) is 125 cm³/mol. The first kappa shape index (κ1) is 25.7. The minimum absolute atomic E-state index is 0.0388. The molecule has 0 saturated heterocycles. The molecule has 0 saturated carbocycles. The van der Waals surface area contributed by atoms with E-state index in [2.05, 4.69) is 0 Å². The highest BCUT2D eigenvalue weighted by Crippen LogP contribution is 2.21. The Morgan fingerprint density at radius 1 is 0.853 bits per heavy atom. The van der Waals surface area contributed by atoms with Crippen molar-refractivity contribution in [3.8, 4) is 0 Å². The molecule has 0 bridgehead atoms. The molecule has 0 aliphatic carbocycles. The molecule has 0 aliphatic heterocycles. The molecule has 6 nitrogen and oxygen atoms in total. The number of aryl methyl sites for hydroxylation is 1. The monoisotopic (exact) mass is 486 g/mol. The van der Waals surface area contributed by atoms with Crippen molar-refractivity contribution in [1.82, 2.24) is 0 Å². The van der Waals surface area contributed by atoms with Crippen LogP contribution in [0.25, 0.3) is 0 Å². The van der Waals surface area contributed by atoms with E-state index in [9.17, 15) is 17.6 Å². The van der Waals surface area contributed by atoms with E-state index < -0.39 is 28.5 Å². The largest absolute Gasteiger partial charge is 0.374 e. The van der Waals surface area contributed by atoms with Crippen LogP contribution in [0.2, 0.25) is 0 Å². The highest BCUT2D eigenvalue weighted by molar-refractivity contribution is 7.86. The first-order valence-electron chi connectivity index (χ1n) is 10.8. The number of carbonyl (C=O) groups excluding carboxylic acids is 1. The van der Waals surface area contributed by atoms with Gasteiger partial charge in [-0.2, -0.15) is 8.42 Å². The molecule has 3 aromatic carbocycles. The molecular formula is C26H27FO6S. The Kier molecular flexibility index (Phi) is 9.47. The van der Waals surface area contributed by atoms with E-state index in [1.807, 2.05) is 43.3 Å². The van der Waals surface area contributed by atoms with Crippen LogP contribution >= 0.6 is 0 Å². The molecule has 0 heterocycles. The lowest BCUT2D eigenvalue weighted by molar-refractivity contribution is -0.129. The van der Waals surface area contributed by atoms with E-state index in [0.29, 0.717) is 0 Å². The van der Waals surface area contributed by atoms with Gasteiger partial charge in [0.1, 0.15) is 12.2 Å². The summed E-state index contributed by atoms with van der Waals surface area (Å²) >= 11 is 0. The predicted octanol–water partition coefficient (Wildman–Crippen LogP) is 4.41. The summed E-state index contributed by atoms with van der Waals surface area (Å²) in [5, 5.41) is 0. The fraction of sp³-hybridized carbons (Fsp3) is 0.269. The van der Waals surface area contributed by atoms with Gasteiger partial charge in [-0.3, -0.25) is 4.18 Å². The van der Waals surface area contributed by atoms with Gasteiger partial charge in [-0.05, 0) is 30.2 Å². The van der Waals surface area contributed by atoms with Gasteiger partial charge in [0.05, 0.1) is 24.7 Å². The zero-order chi connectivity index (χ0) is 24.4. The molecule has 0 aromatic heterocycles. The molecule has 3 atom stereocenters. The number of ether oxygens (including phenoxy) is 2. The molecule has 0 N–H and O–H groups in total. The minimum atomic E-state index is -4.28. The molecule has 0 aliphatic rings. The van der Waals surface area contributed by atoms with E-state index in [1.165, 1.54) is 12.1 Å². The van der Waals surface area contributed by atoms with Crippen molar-refractivity contribution >= 4 is 16.4 Å². The number of alkyl halides is 1. The van der Waals surface area contributed by atoms with E-state index in [-0.39, 0.29) is 31.0 Å². The Morgan fingerprint density at radius 2 is 1.41 bits per heavy atom. The number of rotatable bonds is 13. The average molecular weight is 487 g/mol. The second-order valence-electron chi connectivity index (χ2n) is 7.74. The molecule has 3 rings (SSSR count). The zero-order valence-electron chi connectivity index (χ0n) is 18.7. The number of benzene rings is 3. The molecule has 34 heavy (non-hydrogen) atoms. The van der Waals surface area contributed by atoms with Crippen molar-refractivity contribution < 1.29 is 31.3 Å². The highest BCUT2D eigenvalue weighted by Gasteiger charge is 2.36. The van der Waals surface area contributed by atoms with Crippen LogP contribution in [-0.2, 0) is 41.8 Å². The van der Waals surface area contributed by atoms with Crippen molar-refractivity contribution in [3.05, 3.63) is 102 Å². The maximum Gasteiger partial charge on any atom is 0.297 e. The maximum absolute atomic E-state index is 14.7. The van der Waals surface area contributed by atoms with Crippen molar-refractivity contribution in [2.75, 3.05) is 6.61 Å². The number of hydrogen-bond acceptors (Lipinski definition) is 6. The number of carbonyl (C=O) groups is 1. The summed E-state index contributed by atoms with van der Waals surface area (Å²) in [4.78, 5) is 11.2. The van der Waals surface area contributed by atoms with E-state index in [4.69, 9.17) is 13.7 Å². The summed E-state index contributed by atoms with van der Waals surface area (Å²) in [5.74, 6) is 0. The standard InChI is InChI=1S/C26H27FO6S/c1-20-12-14-23(15-13-20)34(29,30)33-25(19-31-17-21-8-4-2-5-9-21)26(24(27)16-28)32-18-22-10-6-3-7-11-22/h2-16,24-26H,17-19H2,1H3/t24-,25-,26-/m0/s1. The van der Waals surface area contributed by atoms with Crippen LogP contribution < -0.4 is 0 Å². The number of aldehydes is 1. The molecule has 180 valence electrons. The van der Waals surface area contributed by atoms with Gasteiger partial charge in [0.25, 0.3) is 10.1 Å². The molecule has 0 fully saturated rings. The Bertz CT molecular complexity index is 1120. The van der Waals surface area contributed by atoms with Crippen LogP contribution in [0.15, 0.2) is 89.8 Å². The van der Waals surface area contributed by atoms with Gasteiger partial charge in [0.2, 0.25) is 0 Å². The SMILES string of the molecule is Cc1ccc(S(=O)(=O)O[C@@H](COCc2ccccc2)[C@@H](OCc2ccccc2)[C@@H](F)C=O)cc1. The summed E-state index contributed by atoms with van der Waals surface area (Å²) in [5.41, 5.74) is 2.45. The summed E-state index contributed by atoms with van der Waals surface area (Å²) in [6, 6.07) is 24.2.